The van der Waals surface area contributed by atoms with Gasteiger partial charge in [0.1, 0.15) is 5.50 Å². The Morgan fingerprint density at radius 1 is 1.50 bits per heavy atom. The Morgan fingerprint density at radius 3 is 2.75 bits per heavy atom. The Morgan fingerprint density at radius 2 is 2.12 bits per heavy atom. The first-order valence-corrected chi connectivity index (χ1v) is 6.46. The van der Waals surface area contributed by atoms with Gasteiger partial charge in [-0.2, -0.15) is 0 Å². The lowest BCUT2D eigenvalue weighted by atomic mass is 9.93. The molecule has 2 rings (SSSR count). The van der Waals surface area contributed by atoms with Gasteiger partial charge < -0.3 is 4.74 Å². The highest BCUT2D eigenvalue weighted by molar-refractivity contribution is 6.31. The Kier molecular flexibility index (Phi) is 3.82. The molecule has 0 radical (unpaired) electrons. The van der Waals surface area contributed by atoms with Crippen LogP contribution in [0.1, 0.15) is 13.8 Å². The minimum Gasteiger partial charge on any atom is -0.379 e. The number of nitrogens with one attached hydrogen (secondary N) is 1. The molecule has 0 amide bonds. The first-order chi connectivity index (χ1) is 7.54. The predicted molar refractivity (Wildman–Crippen MR) is 67.0 cm³/mol. The van der Waals surface area contributed by atoms with Crippen molar-refractivity contribution < 1.29 is 4.74 Å². The van der Waals surface area contributed by atoms with Gasteiger partial charge in [0, 0.05) is 24.2 Å². The third-order valence-corrected chi connectivity index (χ3v) is 4.45. The minimum atomic E-state index is -0.227. The first kappa shape index (κ1) is 12.7. The van der Waals surface area contributed by atoms with Crippen molar-refractivity contribution in [2.75, 3.05) is 26.3 Å². The molecule has 0 bridgehead atoms. The number of hydrogen-bond acceptors (Lipinski definition) is 3. The number of ether oxygens (including phenoxy) is 1. The lowest BCUT2D eigenvalue weighted by Gasteiger charge is -2.47. The molecule has 2 aliphatic rings. The van der Waals surface area contributed by atoms with Crippen molar-refractivity contribution in [2.45, 2.75) is 30.9 Å². The van der Waals surface area contributed by atoms with Crippen LogP contribution in [0.3, 0.4) is 0 Å². The molecule has 2 heterocycles. The van der Waals surface area contributed by atoms with Crippen LogP contribution in [-0.2, 0) is 4.74 Å². The van der Waals surface area contributed by atoms with E-state index in [2.05, 4.69) is 23.2 Å². The summed E-state index contributed by atoms with van der Waals surface area (Å²) < 4.78 is 5.36. The van der Waals surface area contributed by atoms with Crippen molar-refractivity contribution in [1.82, 2.24) is 10.2 Å². The molecule has 0 aromatic heterocycles. The van der Waals surface area contributed by atoms with Crippen LogP contribution in [-0.4, -0.2) is 48.3 Å². The molecule has 3 nitrogen and oxygen atoms in total. The molecule has 2 aliphatic heterocycles. The van der Waals surface area contributed by atoms with Crippen molar-refractivity contribution >= 4 is 23.2 Å². The molecule has 1 N–H and O–H groups in total. The van der Waals surface area contributed by atoms with Gasteiger partial charge in [0.05, 0.1) is 18.8 Å². The maximum Gasteiger partial charge on any atom is 0.105 e. The fourth-order valence-corrected chi connectivity index (χ4v) is 2.92. The summed E-state index contributed by atoms with van der Waals surface area (Å²) in [6, 6.07) is 0.137. The number of hydrogen-bond donors (Lipinski definition) is 1. The zero-order valence-corrected chi connectivity index (χ0v) is 11.2. The molecule has 1 unspecified atom stereocenters. The van der Waals surface area contributed by atoms with Gasteiger partial charge in [-0.1, -0.05) is 11.6 Å². The number of morpholine rings is 1. The van der Waals surface area contributed by atoms with Crippen LogP contribution in [0.2, 0.25) is 0 Å². The fraction of sp³-hybridized carbons (Fsp3) is 0.818. The first-order valence-electron chi connectivity index (χ1n) is 5.65. The van der Waals surface area contributed by atoms with Crippen LogP contribution >= 0.6 is 23.2 Å². The van der Waals surface area contributed by atoms with Gasteiger partial charge in [-0.3, -0.25) is 10.2 Å². The monoisotopic (exact) mass is 264 g/mol. The summed E-state index contributed by atoms with van der Waals surface area (Å²) in [5, 5.41) is 4.14. The second-order valence-corrected chi connectivity index (χ2v) is 5.48. The van der Waals surface area contributed by atoms with E-state index >= 15 is 0 Å². The molecule has 92 valence electrons. The standard InChI is InChI=1S/C11H18Cl2N2O/c1-8-9(12)7-11(2,10(13)14-8)15-3-5-16-6-4-15/h7-8,10,14H,3-6H2,1-2H3/t8-,10?,11+/m1/s1. The van der Waals surface area contributed by atoms with Crippen molar-refractivity contribution in [3.05, 3.63) is 11.1 Å². The molecule has 0 aromatic carbocycles. The lowest BCUT2D eigenvalue weighted by molar-refractivity contribution is -0.00642. The highest BCUT2D eigenvalue weighted by atomic mass is 35.5. The lowest BCUT2D eigenvalue weighted by Crippen LogP contribution is -2.62. The summed E-state index contributed by atoms with van der Waals surface area (Å²) in [6.45, 7) is 7.47. The fourth-order valence-electron chi connectivity index (χ4n) is 2.24. The van der Waals surface area contributed by atoms with Gasteiger partial charge in [-0.05, 0) is 19.9 Å². The largest absolute Gasteiger partial charge is 0.379 e. The molecule has 0 spiro atoms. The second kappa shape index (κ2) is 4.83. The summed E-state index contributed by atoms with van der Waals surface area (Å²) in [5.41, 5.74) is -0.349. The number of alkyl halides is 1. The van der Waals surface area contributed by atoms with Crippen molar-refractivity contribution in [1.29, 1.82) is 0 Å². The van der Waals surface area contributed by atoms with Crippen molar-refractivity contribution in [3.63, 3.8) is 0 Å². The highest BCUT2D eigenvalue weighted by Gasteiger charge is 2.41. The second-order valence-electron chi connectivity index (χ2n) is 4.61. The maximum atomic E-state index is 6.42. The smallest absolute Gasteiger partial charge is 0.105 e. The van der Waals surface area contributed by atoms with Crippen LogP contribution in [0.25, 0.3) is 0 Å². The molecule has 0 aliphatic carbocycles. The summed E-state index contributed by atoms with van der Waals surface area (Å²) in [6.07, 6.45) is 2.08. The molecule has 1 saturated heterocycles. The summed E-state index contributed by atoms with van der Waals surface area (Å²) in [5.74, 6) is 0. The van der Waals surface area contributed by atoms with Gasteiger partial charge in [0.25, 0.3) is 0 Å². The summed E-state index contributed by atoms with van der Waals surface area (Å²) in [4.78, 5) is 2.33. The van der Waals surface area contributed by atoms with E-state index in [4.69, 9.17) is 27.9 Å². The molecular formula is C11H18Cl2N2O. The third-order valence-electron chi connectivity index (χ3n) is 3.45. The zero-order chi connectivity index (χ0) is 11.8. The van der Waals surface area contributed by atoms with E-state index in [0.717, 1.165) is 31.3 Å². The number of nitrogens with zero attached hydrogens (tertiary/aromatic N) is 1. The summed E-state index contributed by atoms with van der Waals surface area (Å²) >= 11 is 12.6. The van der Waals surface area contributed by atoms with E-state index in [-0.39, 0.29) is 17.1 Å². The quantitative estimate of drug-likeness (QED) is 0.577. The normalized spacial score (nSPS) is 41.9. The van der Waals surface area contributed by atoms with Crippen molar-refractivity contribution in [2.24, 2.45) is 0 Å². The average molecular weight is 265 g/mol. The highest BCUT2D eigenvalue weighted by Crippen LogP contribution is 2.32. The topological polar surface area (TPSA) is 24.5 Å². The van der Waals surface area contributed by atoms with E-state index in [1.165, 1.54) is 0 Å². The minimum absolute atomic E-state index is 0.122. The van der Waals surface area contributed by atoms with E-state index in [9.17, 15) is 0 Å². The number of halogens is 2. The maximum absolute atomic E-state index is 6.42. The molecular weight excluding hydrogens is 247 g/mol. The molecule has 0 saturated carbocycles. The van der Waals surface area contributed by atoms with Gasteiger partial charge in [-0.25, -0.2) is 0 Å². The van der Waals surface area contributed by atoms with E-state index in [0.29, 0.717) is 0 Å². The summed E-state index contributed by atoms with van der Waals surface area (Å²) in [7, 11) is 0. The van der Waals surface area contributed by atoms with Gasteiger partial charge in [0.2, 0.25) is 0 Å². The van der Waals surface area contributed by atoms with Crippen molar-refractivity contribution in [3.8, 4) is 0 Å². The van der Waals surface area contributed by atoms with Crippen LogP contribution in [0, 0.1) is 0 Å². The van der Waals surface area contributed by atoms with Gasteiger partial charge >= 0.3 is 0 Å². The third kappa shape index (κ3) is 2.24. The molecule has 1 fully saturated rings. The van der Waals surface area contributed by atoms with E-state index in [1.54, 1.807) is 0 Å². The Bertz CT molecular complexity index is 292. The Hall–Kier alpha value is 0.200. The average Bonchev–Trinajstić information content (AvgIpc) is 2.28. The Labute approximate surface area is 107 Å². The Balaban J connectivity index is 2.21. The SMILES string of the molecule is C[C@H]1NC(Cl)[C@@](C)(N2CCOCC2)C=C1Cl. The molecule has 3 atom stereocenters. The van der Waals surface area contributed by atoms with E-state index < -0.39 is 0 Å². The van der Waals surface area contributed by atoms with Gasteiger partial charge in [-0.15, -0.1) is 11.6 Å². The zero-order valence-electron chi connectivity index (χ0n) is 9.67. The van der Waals surface area contributed by atoms with E-state index in [1.807, 2.05) is 6.92 Å². The van der Waals surface area contributed by atoms with Crippen LogP contribution in [0.4, 0.5) is 0 Å². The number of rotatable bonds is 1. The van der Waals surface area contributed by atoms with Crippen LogP contribution in [0.5, 0.6) is 0 Å². The van der Waals surface area contributed by atoms with Crippen LogP contribution < -0.4 is 5.32 Å². The predicted octanol–water partition coefficient (Wildman–Crippen LogP) is 1.76. The van der Waals surface area contributed by atoms with Gasteiger partial charge in [0.15, 0.2) is 0 Å². The molecule has 16 heavy (non-hydrogen) atoms. The molecule has 5 heteroatoms. The molecule has 0 aromatic rings. The van der Waals surface area contributed by atoms with Crippen LogP contribution in [0.15, 0.2) is 11.1 Å².